The molecule has 96 valence electrons. The molecule has 19 heavy (non-hydrogen) atoms. The Morgan fingerprint density at radius 2 is 1.95 bits per heavy atom. The monoisotopic (exact) mass is 256 g/mol. The second kappa shape index (κ2) is 6.41. The molecule has 0 unspecified atom stereocenters. The smallest absolute Gasteiger partial charge is 0.174 e. The summed E-state index contributed by atoms with van der Waals surface area (Å²) >= 11 is 0. The Morgan fingerprint density at radius 1 is 1.16 bits per heavy atom. The van der Waals surface area contributed by atoms with Gasteiger partial charge in [0, 0.05) is 18.3 Å². The first-order valence-electron chi connectivity index (χ1n) is 5.86. The van der Waals surface area contributed by atoms with Gasteiger partial charge in [-0.3, -0.25) is 0 Å². The molecule has 1 N–H and O–H groups in total. The summed E-state index contributed by atoms with van der Waals surface area (Å²) in [6.45, 7) is 0.628. The number of hydrogen-bond donors (Lipinski definition) is 1. The van der Waals surface area contributed by atoms with Gasteiger partial charge in [-0.2, -0.15) is 5.26 Å². The van der Waals surface area contributed by atoms with Gasteiger partial charge in [0.1, 0.15) is 17.6 Å². The van der Waals surface area contributed by atoms with Crippen LogP contribution in [0.5, 0.6) is 5.75 Å². The van der Waals surface area contributed by atoms with Crippen molar-refractivity contribution in [3.05, 3.63) is 59.9 Å². The van der Waals surface area contributed by atoms with E-state index in [9.17, 15) is 4.39 Å². The summed E-state index contributed by atoms with van der Waals surface area (Å²) in [5, 5.41) is 11.7. The Morgan fingerprint density at radius 3 is 2.68 bits per heavy atom. The average Bonchev–Trinajstić information content (AvgIpc) is 2.45. The van der Waals surface area contributed by atoms with Gasteiger partial charge in [0.15, 0.2) is 6.61 Å². The van der Waals surface area contributed by atoms with Gasteiger partial charge in [-0.15, -0.1) is 0 Å². The molecule has 4 heteroatoms. The highest BCUT2D eigenvalue weighted by molar-refractivity contribution is 5.48. The summed E-state index contributed by atoms with van der Waals surface area (Å²) in [5.41, 5.74) is 1.88. The molecule has 0 amide bonds. The number of halogens is 1. The minimum Gasteiger partial charge on any atom is -0.479 e. The van der Waals surface area contributed by atoms with Gasteiger partial charge in [-0.05, 0) is 29.8 Å². The third kappa shape index (κ3) is 4.00. The summed E-state index contributed by atoms with van der Waals surface area (Å²) < 4.78 is 18.0. The quantitative estimate of drug-likeness (QED) is 0.892. The van der Waals surface area contributed by atoms with Crippen molar-refractivity contribution in [2.45, 2.75) is 6.54 Å². The number of rotatable bonds is 5. The largest absolute Gasteiger partial charge is 0.479 e. The van der Waals surface area contributed by atoms with Crippen LogP contribution in [0, 0.1) is 17.1 Å². The molecular weight excluding hydrogens is 243 g/mol. The minimum atomic E-state index is -0.240. The van der Waals surface area contributed by atoms with Gasteiger partial charge >= 0.3 is 0 Å². The van der Waals surface area contributed by atoms with Crippen LogP contribution in [0.4, 0.5) is 10.1 Å². The second-order valence-electron chi connectivity index (χ2n) is 3.95. The van der Waals surface area contributed by atoms with Crippen molar-refractivity contribution in [2.24, 2.45) is 0 Å². The van der Waals surface area contributed by atoms with Crippen molar-refractivity contribution >= 4 is 5.69 Å². The van der Waals surface area contributed by atoms with E-state index in [-0.39, 0.29) is 12.4 Å². The average molecular weight is 256 g/mol. The van der Waals surface area contributed by atoms with Crippen LogP contribution in [0.3, 0.4) is 0 Å². The molecule has 0 aromatic heterocycles. The number of ether oxygens (including phenoxy) is 1. The van der Waals surface area contributed by atoms with Crippen LogP contribution in [0.15, 0.2) is 48.5 Å². The molecule has 0 bridgehead atoms. The highest BCUT2D eigenvalue weighted by Gasteiger charge is 1.98. The molecule has 0 saturated carbocycles. The van der Waals surface area contributed by atoms with Gasteiger partial charge in [0.05, 0.1) is 0 Å². The van der Waals surface area contributed by atoms with Crippen molar-refractivity contribution in [1.29, 1.82) is 5.26 Å². The number of benzene rings is 2. The number of anilines is 1. The molecule has 0 aliphatic heterocycles. The fraction of sp³-hybridized carbons (Fsp3) is 0.133. The highest BCUT2D eigenvalue weighted by Crippen LogP contribution is 2.18. The molecule has 0 aliphatic rings. The lowest BCUT2D eigenvalue weighted by Gasteiger charge is -2.08. The molecule has 0 saturated heterocycles. The van der Waals surface area contributed by atoms with E-state index >= 15 is 0 Å². The van der Waals surface area contributed by atoms with Crippen molar-refractivity contribution < 1.29 is 9.13 Å². The SMILES string of the molecule is N#CCOc1cccc(NCc2ccc(F)cc2)c1. The highest BCUT2D eigenvalue weighted by atomic mass is 19.1. The van der Waals surface area contributed by atoms with E-state index in [2.05, 4.69) is 5.32 Å². The van der Waals surface area contributed by atoms with Gasteiger partial charge in [-0.1, -0.05) is 18.2 Å². The Kier molecular flexibility index (Phi) is 4.35. The number of nitrogens with one attached hydrogen (secondary N) is 1. The van der Waals surface area contributed by atoms with Crippen LogP contribution in [-0.4, -0.2) is 6.61 Å². The summed E-state index contributed by atoms with van der Waals surface area (Å²) in [5.74, 6) is 0.404. The van der Waals surface area contributed by atoms with Crippen molar-refractivity contribution in [2.75, 3.05) is 11.9 Å². The molecular formula is C15H13FN2O. The van der Waals surface area contributed by atoms with Crippen LogP contribution in [0.1, 0.15) is 5.56 Å². The van der Waals surface area contributed by atoms with Gasteiger partial charge < -0.3 is 10.1 Å². The predicted molar refractivity (Wildman–Crippen MR) is 71.3 cm³/mol. The van der Waals surface area contributed by atoms with Crippen molar-refractivity contribution in [1.82, 2.24) is 0 Å². The van der Waals surface area contributed by atoms with Crippen LogP contribution >= 0.6 is 0 Å². The first-order chi connectivity index (χ1) is 9.28. The first-order valence-corrected chi connectivity index (χ1v) is 5.86. The standard InChI is InChI=1S/C15H13FN2O/c16-13-6-4-12(5-7-13)11-18-14-2-1-3-15(10-14)19-9-8-17/h1-7,10,18H,9,11H2. The third-order valence-electron chi connectivity index (χ3n) is 2.55. The minimum absolute atomic E-state index is 0.0292. The maximum absolute atomic E-state index is 12.8. The third-order valence-corrected chi connectivity index (χ3v) is 2.55. The van der Waals surface area contributed by atoms with Crippen LogP contribution in [-0.2, 0) is 6.54 Å². The molecule has 0 fully saturated rings. The van der Waals surface area contributed by atoms with Crippen LogP contribution in [0.25, 0.3) is 0 Å². The lowest BCUT2D eigenvalue weighted by molar-refractivity contribution is 0.368. The molecule has 2 aromatic rings. The van der Waals surface area contributed by atoms with E-state index in [1.165, 1.54) is 12.1 Å². The topological polar surface area (TPSA) is 45.0 Å². The Bertz CT molecular complexity index is 575. The number of nitriles is 1. The fourth-order valence-corrected chi connectivity index (χ4v) is 1.62. The lowest BCUT2D eigenvalue weighted by Crippen LogP contribution is -2.00. The van der Waals surface area contributed by atoms with E-state index in [1.807, 2.05) is 24.3 Å². The predicted octanol–water partition coefficient (Wildman–Crippen LogP) is 3.34. The van der Waals surface area contributed by atoms with Gasteiger partial charge in [-0.25, -0.2) is 4.39 Å². The Labute approximate surface area is 111 Å². The molecule has 0 radical (unpaired) electrons. The van der Waals surface area contributed by atoms with E-state index in [1.54, 1.807) is 18.2 Å². The van der Waals surface area contributed by atoms with Gasteiger partial charge in [0.25, 0.3) is 0 Å². The fourth-order valence-electron chi connectivity index (χ4n) is 1.62. The molecule has 0 heterocycles. The van der Waals surface area contributed by atoms with Crippen molar-refractivity contribution in [3.63, 3.8) is 0 Å². The van der Waals surface area contributed by atoms with E-state index in [0.717, 1.165) is 11.3 Å². The van der Waals surface area contributed by atoms with Gasteiger partial charge in [0.2, 0.25) is 0 Å². The van der Waals surface area contributed by atoms with Crippen molar-refractivity contribution in [3.8, 4) is 11.8 Å². The van der Waals surface area contributed by atoms with E-state index < -0.39 is 0 Å². The zero-order valence-electron chi connectivity index (χ0n) is 10.3. The number of hydrogen-bond acceptors (Lipinski definition) is 3. The zero-order chi connectivity index (χ0) is 13.5. The molecule has 2 rings (SSSR count). The molecule has 3 nitrogen and oxygen atoms in total. The van der Waals surface area contributed by atoms with Crippen LogP contribution < -0.4 is 10.1 Å². The normalized spacial score (nSPS) is 9.68. The molecule has 0 atom stereocenters. The maximum atomic E-state index is 12.8. The number of nitrogens with zero attached hydrogens (tertiary/aromatic N) is 1. The first kappa shape index (κ1) is 12.9. The molecule has 0 spiro atoms. The summed E-state index contributed by atoms with van der Waals surface area (Å²) in [4.78, 5) is 0. The summed E-state index contributed by atoms with van der Waals surface area (Å²) in [6, 6.07) is 15.6. The Balaban J connectivity index is 1.95. The zero-order valence-corrected chi connectivity index (χ0v) is 10.3. The Hall–Kier alpha value is -2.54. The molecule has 0 aliphatic carbocycles. The second-order valence-corrected chi connectivity index (χ2v) is 3.95. The summed E-state index contributed by atoms with van der Waals surface area (Å²) in [7, 11) is 0. The van der Waals surface area contributed by atoms with E-state index in [0.29, 0.717) is 12.3 Å². The molecule has 2 aromatic carbocycles. The van der Waals surface area contributed by atoms with E-state index in [4.69, 9.17) is 10.00 Å². The summed E-state index contributed by atoms with van der Waals surface area (Å²) in [6.07, 6.45) is 0. The van der Waals surface area contributed by atoms with Crippen LogP contribution in [0.2, 0.25) is 0 Å². The maximum Gasteiger partial charge on any atom is 0.174 e. The lowest BCUT2D eigenvalue weighted by atomic mass is 10.2.